The topological polar surface area (TPSA) is 104 Å². The highest BCUT2D eigenvalue weighted by atomic mass is 16.2. The Kier molecular flexibility index (Phi) is 3.22. The molecule has 0 aromatic carbocycles. The number of carbonyl (C=O) groups excluding carboxylic acids is 1. The maximum atomic E-state index is 11.8. The largest absolute Gasteiger partial charge is 0.344 e. The Morgan fingerprint density at radius 3 is 2.72 bits per heavy atom. The molecule has 18 heavy (non-hydrogen) atoms. The number of amides is 1. The summed E-state index contributed by atoms with van der Waals surface area (Å²) in [6.07, 6.45) is 4.09. The normalized spacial score (nSPS) is 12.1. The summed E-state index contributed by atoms with van der Waals surface area (Å²) < 4.78 is 0. The van der Waals surface area contributed by atoms with Crippen molar-refractivity contribution in [3.63, 3.8) is 0 Å². The van der Waals surface area contributed by atoms with E-state index in [0.717, 1.165) is 11.9 Å². The molecule has 0 fully saturated rings. The summed E-state index contributed by atoms with van der Waals surface area (Å²) in [6, 6.07) is -0.282. The Morgan fingerprint density at radius 1 is 1.33 bits per heavy atom. The van der Waals surface area contributed by atoms with Crippen LogP contribution in [0.4, 0.5) is 0 Å². The Labute approximate surface area is 103 Å². The number of carbonyl (C=O) groups is 1. The number of hydrogen-bond acceptors (Lipinski definition) is 4. The number of H-pyrrole nitrogens is 2. The molecule has 3 N–H and O–H groups in total. The number of aryl methyl sites for hydroxylation is 1. The van der Waals surface area contributed by atoms with Crippen molar-refractivity contribution in [1.82, 2.24) is 25.3 Å². The van der Waals surface area contributed by atoms with Gasteiger partial charge in [0, 0.05) is 11.9 Å². The smallest absolute Gasteiger partial charge is 0.269 e. The molecule has 7 nitrogen and oxygen atoms in total. The van der Waals surface area contributed by atoms with E-state index in [4.69, 9.17) is 0 Å². The van der Waals surface area contributed by atoms with Crippen LogP contribution in [0.2, 0.25) is 0 Å². The molecule has 0 saturated heterocycles. The standard InChI is InChI=1S/C11H13N5O2/c1-6-3-13-10(14-6)7(2)15-11(18)8-4-12-5-9(17)16-8/h3-5,7H,1-2H3,(H,13,14)(H,15,18)(H,16,17). The predicted molar refractivity (Wildman–Crippen MR) is 64.1 cm³/mol. The molecule has 1 atom stereocenters. The molecule has 0 saturated carbocycles. The lowest BCUT2D eigenvalue weighted by atomic mass is 10.3. The van der Waals surface area contributed by atoms with Crippen LogP contribution in [0.1, 0.15) is 35.0 Å². The number of nitrogens with zero attached hydrogens (tertiary/aromatic N) is 2. The quantitative estimate of drug-likeness (QED) is 0.725. The van der Waals surface area contributed by atoms with Crippen LogP contribution in [0.15, 0.2) is 23.4 Å². The summed E-state index contributed by atoms with van der Waals surface area (Å²) in [5.74, 6) is 0.258. The van der Waals surface area contributed by atoms with E-state index in [0.29, 0.717) is 5.82 Å². The zero-order valence-corrected chi connectivity index (χ0v) is 10.0. The molecule has 0 bridgehead atoms. The molecule has 2 aromatic heterocycles. The zero-order valence-electron chi connectivity index (χ0n) is 10.0. The second-order valence-corrected chi connectivity index (χ2v) is 3.96. The third-order valence-corrected chi connectivity index (χ3v) is 2.38. The first-order valence-corrected chi connectivity index (χ1v) is 5.43. The molecule has 1 unspecified atom stereocenters. The fourth-order valence-corrected chi connectivity index (χ4v) is 1.49. The van der Waals surface area contributed by atoms with Gasteiger partial charge < -0.3 is 15.3 Å². The van der Waals surface area contributed by atoms with E-state index in [1.54, 1.807) is 13.1 Å². The first-order valence-electron chi connectivity index (χ1n) is 5.43. The second kappa shape index (κ2) is 4.82. The highest BCUT2D eigenvalue weighted by Crippen LogP contribution is 2.08. The highest BCUT2D eigenvalue weighted by Gasteiger charge is 2.14. The molecular formula is C11H13N5O2. The third-order valence-electron chi connectivity index (χ3n) is 2.38. The van der Waals surface area contributed by atoms with Crippen LogP contribution in [0, 0.1) is 6.92 Å². The summed E-state index contributed by atoms with van der Waals surface area (Å²) in [7, 11) is 0. The molecule has 0 aliphatic rings. The van der Waals surface area contributed by atoms with E-state index in [2.05, 4.69) is 25.3 Å². The molecule has 7 heteroatoms. The summed E-state index contributed by atoms with van der Waals surface area (Å²) in [5.41, 5.74) is 0.627. The van der Waals surface area contributed by atoms with Gasteiger partial charge in [-0.15, -0.1) is 0 Å². The van der Waals surface area contributed by atoms with Gasteiger partial charge in [0.2, 0.25) is 0 Å². The van der Waals surface area contributed by atoms with Gasteiger partial charge in [0.15, 0.2) is 0 Å². The minimum atomic E-state index is -0.413. The van der Waals surface area contributed by atoms with Crippen molar-refractivity contribution < 1.29 is 4.79 Å². The first-order chi connectivity index (χ1) is 8.56. The van der Waals surface area contributed by atoms with E-state index in [1.165, 1.54) is 6.20 Å². The second-order valence-electron chi connectivity index (χ2n) is 3.96. The maximum Gasteiger partial charge on any atom is 0.269 e. The van der Waals surface area contributed by atoms with Gasteiger partial charge in [0.25, 0.3) is 11.5 Å². The van der Waals surface area contributed by atoms with Crippen molar-refractivity contribution in [1.29, 1.82) is 0 Å². The monoisotopic (exact) mass is 247 g/mol. The minimum absolute atomic E-state index is 0.123. The number of nitrogens with one attached hydrogen (secondary N) is 3. The minimum Gasteiger partial charge on any atom is -0.344 e. The van der Waals surface area contributed by atoms with E-state index in [-0.39, 0.29) is 11.7 Å². The van der Waals surface area contributed by atoms with E-state index in [9.17, 15) is 9.59 Å². The fourth-order valence-electron chi connectivity index (χ4n) is 1.49. The Morgan fingerprint density at radius 2 is 2.11 bits per heavy atom. The lowest BCUT2D eigenvalue weighted by Gasteiger charge is -2.10. The molecular weight excluding hydrogens is 234 g/mol. The fraction of sp³-hybridized carbons (Fsp3) is 0.273. The van der Waals surface area contributed by atoms with Gasteiger partial charge >= 0.3 is 0 Å². The van der Waals surface area contributed by atoms with Crippen molar-refractivity contribution in [3.05, 3.63) is 46.2 Å². The lowest BCUT2D eigenvalue weighted by Crippen LogP contribution is -2.29. The zero-order chi connectivity index (χ0) is 13.1. The summed E-state index contributed by atoms with van der Waals surface area (Å²) in [5, 5.41) is 2.71. The summed E-state index contributed by atoms with van der Waals surface area (Å²) in [6.45, 7) is 3.67. The van der Waals surface area contributed by atoms with Crippen molar-refractivity contribution in [2.45, 2.75) is 19.9 Å². The van der Waals surface area contributed by atoms with Crippen LogP contribution in [0.3, 0.4) is 0 Å². The van der Waals surface area contributed by atoms with E-state index >= 15 is 0 Å². The summed E-state index contributed by atoms with van der Waals surface area (Å²) >= 11 is 0. The molecule has 0 aliphatic carbocycles. The van der Waals surface area contributed by atoms with Gasteiger partial charge in [0.1, 0.15) is 11.5 Å². The number of hydrogen-bond donors (Lipinski definition) is 3. The van der Waals surface area contributed by atoms with Gasteiger partial charge in [-0.1, -0.05) is 0 Å². The average Bonchev–Trinajstić information content (AvgIpc) is 2.76. The Hall–Kier alpha value is -2.44. The van der Waals surface area contributed by atoms with Crippen molar-refractivity contribution in [2.75, 3.05) is 0 Å². The van der Waals surface area contributed by atoms with Gasteiger partial charge in [-0.2, -0.15) is 0 Å². The number of aromatic nitrogens is 4. The molecule has 0 radical (unpaired) electrons. The average molecular weight is 247 g/mol. The maximum absolute atomic E-state index is 11.8. The highest BCUT2D eigenvalue weighted by molar-refractivity contribution is 5.92. The van der Waals surface area contributed by atoms with E-state index in [1.807, 2.05) is 6.92 Å². The third kappa shape index (κ3) is 2.62. The molecule has 2 rings (SSSR count). The van der Waals surface area contributed by atoms with Crippen molar-refractivity contribution >= 4 is 5.91 Å². The van der Waals surface area contributed by atoms with Crippen molar-refractivity contribution in [2.24, 2.45) is 0 Å². The molecule has 0 spiro atoms. The van der Waals surface area contributed by atoms with Crippen LogP contribution in [-0.4, -0.2) is 25.8 Å². The Bertz CT molecular complexity index is 616. The van der Waals surface area contributed by atoms with Crippen LogP contribution < -0.4 is 10.9 Å². The van der Waals surface area contributed by atoms with Crippen LogP contribution in [0.25, 0.3) is 0 Å². The lowest BCUT2D eigenvalue weighted by molar-refractivity contribution is 0.0932. The molecule has 0 aliphatic heterocycles. The van der Waals surface area contributed by atoms with E-state index < -0.39 is 11.5 Å². The van der Waals surface area contributed by atoms with Gasteiger partial charge in [-0.3, -0.25) is 14.6 Å². The Balaban J connectivity index is 2.10. The van der Waals surface area contributed by atoms with Gasteiger partial charge in [0.05, 0.1) is 18.4 Å². The van der Waals surface area contributed by atoms with Crippen LogP contribution in [-0.2, 0) is 0 Å². The predicted octanol–water partition coefficient (Wildman–Crippen LogP) is 0.292. The van der Waals surface area contributed by atoms with Gasteiger partial charge in [-0.05, 0) is 13.8 Å². The SMILES string of the molecule is Cc1cnc(C(C)NC(=O)c2cncc(=O)[nH]2)[nH]1. The number of imidazole rings is 1. The molecule has 1 amide bonds. The van der Waals surface area contributed by atoms with Gasteiger partial charge in [-0.25, -0.2) is 4.98 Å². The molecule has 94 valence electrons. The number of aromatic amines is 2. The molecule has 2 heterocycles. The van der Waals surface area contributed by atoms with Crippen LogP contribution in [0.5, 0.6) is 0 Å². The number of rotatable bonds is 3. The first kappa shape index (κ1) is 12.0. The molecule has 2 aromatic rings. The summed E-state index contributed by atoms with van der Waals surface area (Å²) in [4.78, 5) is 36.1. The van der Waals surface area contributed by atoms with Crippen LogP contribution >= 0.6 is 0 Å². The van der Waals surface area contributed by atoms with Crippen molar-refractivity contribution in [3.8, 4) is 0 Å².